The van der Waals surface area contributed by atoms with Crippen molar-refractivity contribution in [2.75, 3.05) is 0 Å². The van der Waals surface area contributed by atoms with Crippen molar-refractivity contribution in [1.29, 1.82) is 10.5 Å². The lowest BCUT2D eigenvalue weighted by atomic mass is 9.96. The highest BCUT2D eigenvalue weighted by molar-refractivity contribution is 5.45. The molecule has 1 aromatic carbocycles. The monoisotopic (exact) mass is 170 g/mol. The van der Waals surface area contributed by atoms with Gasteiger partial charge < -0.3 is 0 Å². The van der Waals surface area contributed by atoms with Gasteiger partial charge in [-0.3, -0.25) is 0 Å². The minimum atomic E-state index is 0.281. The molecule has 0 saturated carbocycles. The standard InChI is InChI=1S/C11H10N2/c1-8(2)11-5-9(6-12)3-4-10(11)7-13/h3-5,8H,1-2H3. The molecule has 0 aliphatic carbocycles. The molecule has 0 bridgehead atoms. The first-order valence-electron chi connectivity index (χ1n) is 4.13. The molecular formula is C11H10N2. The van der Waals surface area contributed by atoms with Crippen LogP contribution < -0.4 is 0 Å². The average molecular weight is 170 g/mol. The van der Waals surface area contributed by atoms with Crippen LogP contribution in [-0.2, 0) is 0 Å². The van der Waals surface area contributed by atoms with Crippen LogP contribution in [0.1, 0.15) is 36.5 Å². The number of nitrogens with zero attached hydrogens (tertiary/aromatic N) is 2. The van der Waals surface area contributed by atoms with E-state index >= 15 is 0 Å². The fourth-order valence-electron chi connectivity index (χ4n) is 1.21. The molecule has 0 radical (unpaired) electrons. The van der Waals surface area contributed by atoms with Crippen molar-refractivity contribution >= 4 is 0 Å². The highest BCUT2D eigenvalue weighted by atomic mass is 14.3. The zero-order valence-electron chi connectivity index (χ0n) is 7.70. The summed E-state index contributed by atoms with van der Waals surface area (Å²) < 4.78 is 0. The summed E-state index contributed by atoms with van der Waals surface area (Å²) in [6, 6.07) is 9.34. The molecule has 0 spiro atoms. The van der Waals surface area contributed by atoms with Crippen LogP contribution >= 0.6 is 0 Å². The lowest BCUT2D eigenvalue weighted by Gasteiger charge is -2.07. The summed E-state index contributed by atoms with van der Waals surface area (Å²) >= 11 is 0. The normalized spacial score (nSPS) is 9.31. The third-order valence-corrected chi connectivity index (χ3v) is 1.92. The van der Waals surface area contributed by atoms with Crippen LogP contribution in [0, 0.1) is 22.7 Å². The third kappa shape index (κ3) is 1.86. The summed E-state index contributed by atoms with van der Waals surface area (Å²) in [5.41, 5.74) is 2.22. The second kappa shape index (κ2) is 3.74. The molecule has 0 heterocycles. The van der Waals surface area contributed by atoms with E-state index in [-0.39, 0.29) is 5.92 Å². The van der Waals surface area contributed by atoms with E-state index in [9.17, 15) is 0 Å². The van der Waals surface area contributed by atoms with Crippen LogP contribution in [0.25, 0.3) is 0 Å². The zero-order chi connectivity index (χ0) is 9.84. The number of nitriles is 2. The predicted octanol–water partition coefficient (Wildman–Crippen LogP) is 2.55. The highest BCUT2D eigenvalue weighted by Gasteiger charge is 2.06. The van der Waals surface area contributed by atoms with Gasteiger partial charge in [0, 0.05) is 0 Å². The van der Waals surface area contributed by atoms with Gasteiger partial charge in [-0.25, -0.2) is 0 Å². The number of hydrogen-bond acceptors (Lipinski definition) is 2. The van der Waals surface area contributed by atoms with Crippen LogP contribution in [0.2, 0.25) is 0 Å². The largest absolute Gasteiger partial charge is 0.192 e. The summed E-state index contributed by atoms with van der Waals surface area (Å²) in [6.07, 6.45) is 0. The molecule has 0 aliphatic rings. The van der Waals surface area contributed by atoms with Gasteiger partial charge in [0.2, 0.25) is 0 Å². The first-order chi connectivity index (χ1) is 6.19. The summed E-state index contributed by atoms with van der Waals surface area (Å²) in [6.45, 7) is 4.02. The van der Waals surface area contributed by atoms with Crippen molar-refractivity contribution in [3.8, 4) is 12.1 Å². The number of hydrogen-bond donors (Lipinski definition) is 0. The van der Waals surface area contributed by atoms with Crippen molar-refractivity contribution < 1.29 is 0 Å². The SMILES string of the molecule is CC(C)c1cc(C#N)ccc1C#N. The van der Waals surface area contributed by atoms with E-state index in [1.165, 1.54) is 0 Å². The van der Waals surface area contributed by atoms with Crippen molar-refractivity contribution in [2.24, 2.45) is 0 Å². The molecule has 0 saturated heterocycles. The summed E-state index contributed by atoms with van der Waals surface area (Å²) in [7, 11) is 0. The predicted molar refractivity (Wildman–Crippen MR) is 50.0 cm³/mol. The lowest BCUT2D eigenvalue weighted by Crippen LogP contribution is -1.93. The Kier molecular flexibility index (Phi) is 2.67. The topological polar surface area (TPSA) is 47.6 Å². The van der Waals surface area contributed by atoms with Crippen LogP contribution in [0.5, 0.6) is 0 Å². The minimum absolute atomic E-state index is 0.281. The van der Waals surface area contributed by atoms with E-state index in [2.05, 4.69) is 12.1 Å². The second-order valence-corrected chi connectivity index (χ2v) is 3.18. The molecule has 1 aromatic rings. The minimum Gasteiger partial charge on any atom is -0.192 e. The fourth-order valence-corrected chi connectivity index (χ4v) is 1.21. The van der Waals surface area contributed by atoms with Gasteiger partial charge in [-0.2, -0.15) is 10.5 Å². The lowest BCUT2D eigenvalue weighted by molar-refractivity contribution is 0.862. The third-order valence-electron chi connectivity index (χ3n) is 1.92. The van der Waals surface area contributed by atoms with Crippen LogP contribution in [0.3, 0.4) is 0 Å². The van der Waals surface area contributed by atoms with Gasteiger partial charge in [0.25, 0.3) is 0 Å². The Morgan fingerprint density at radius 3 is 2.31 bits per heavy atom. The molecule has 0 atom stereocenters. The molecule has 13 heavy (non-hydrogen) atoms. The molecule has 64 valence electrons. The Morgan fingerprint density at radius 1 is 1.15 bits per heavy atom. The van der Waals surface area contributed by atoms with E-state index in [1.54, 1.807) is 18.2 Å². The van der Waals surface area contributed by atoms with Crippen LogP contribution in [0.4, 0.5) is 0 Å². The average Bonchev–Trinajstić information content (AvgIpc) is 2.16. The molecule has 0 N–H and O–H groups in total. The Balaban J connectivity index is 3.30. The molecule has 0 unspecified atom stereocenters. The molecule has 2 nitrogen and oxygen atoms in total. The molecule has 0 aromatic heterocycles. The zero-order valence-corrected chi connectivity index (χ0v) is 7.70. The van der Waals surface area contributed by atoms with E-state index < -0.39 is 0 Å². The van der Waals surface area contributed by atoms with Gasteiger partial charge in [-0.05, 0) is 29.7 Å². The van der Waals surface area contributed by atoms with Crippen LogP contribution in [-0.4, -0.2) is 0 Å². The van der Waals surface area contributed by atoms with Gasteiger partial charge in [0.15, 0.2) is 0 Å². The first kappa shape index (κ1) is 9.29. The number of benzene rings is 1. The van der Waals surface area contributed by atoms with E-state index in [0.717, 1.165) is 5.56 Å². The van der Waals surface area contributed by atoms with Crippen molar-refractivity contribution in [3.63, 3.8) is 0 Å². The highest BCUT2D eigenvalue weighted by Crippen LogP contribution is 2.19. The quantitative estimate of drug-likeness (QED) is 0.650. The molecule has 0 aliphatic heterocycles. The van der Waals surface area contributed by atoms with Crippen molar-refractivity contribution in [3.05, 3.63) is 34.9 Å². The Bertz CT molecular complexity index is 392. The summed E-state index contributed by atoms with van der Waals surface area (Å²) in [5.74, 6) is 0.281. The van der Waals surface area contributed by atoms with E-state index in [4.69, 9.17) is 10.5 Å². The Labute approximate surface area is 78.0 Å². The second-order valence-electron chi connectivity index (χ2n) is 3.18. The number of rotatable bonds is 1. The van der Waals surface area contributed by atoms with Gasteiger partial charge in [0.05, 0.1) is 23.3 Å². The molecule has 0 fully saturated rings. The summed E-state index contributed by atoms with van der Waals surface area (Å²) in [5, 5.41) is 17.5. The first-order valence-corrected chi connectivity index (χ1v) is 4.13. The van der Waals surface area contributed by atoms with Gasteiger partial charge in [0.1, 0.15) is 0 Å². The van der Waals surface area contributed by atoms with Gasteiger partial charge >= 0.3 is 0 Å². The molecule has 0 amide bonds. The van der Waals surface area contributed by atoms with Crippen molar-refractivity contribution in [2.45, 2.75) is 19.8 Å². The maximum absolute atomic E-state index is 8.80. The molecule has 2 heteroatoms. The van der Waals surface area contributed by atoms with Gasteiger partial charge in [-0.15, -0.1) is 0 Å². The van der Waals surface area contributed by atoms with Gasteiger partial charge in [-0.1, -0.05) is 13.8 Å². The maximum Gasteiger partial charge on any atom is 0.0994 e. The van der Waals surface area contributed by atoms with E-state index in [0.29, 0.717) is 11.1 Å². The van der Waals surface area contributed by atoms with E-state index in [1.807, 2.05) is 13.8 Å². The Morgan fingerprint density at radius 2 is 1.85 bits per heavy atom. The maximum atomic E-state index is 8.80. The smallest absolute Gasteiger partial charge is 0.0994 e. The van der Waals surface area contributed by atoms with Crippen molar-refractivity contribution in [1.82, 2.24) is 0 Å². The molecule has 1 rings (SSSR count). The Hall–Kier alpha value is -1.80. The summed E-state index contributed by atoms with van der Waals surface area (Å²) in [4.78, 5) is 0. The van der Waals surface area contributed by atoms with Crippen LogP contribution in [0.15, 0.2) is 18.2 Å². The fraction of sp³-hybridized carbons (Fsp3) is 0.273. The molecular weight excluding hydrogens is 160 g/mol.